The average Bonchev–Trinajstić information content (AvgIpc) is 3.04. The molecule has 0 unspecified atom stereocenters. The Morgan fingerprint density at radius 2 is 2.17 bits per heavy atom. The van der Waals surface area contributed by atoms with E-state index in [9.17, 15) is 9.59 Å². The molecule has 8 heteroatoms. The van der Waals surface area contributed by atoms with Crippen molar-refractivity contribution in [3.63, 3.8) is 0 Å². The van der Waals surface area contributed by atoms with Gasteiger partial charge in [0.05, 0.1) is 23.4 Å². The minimum Gasteiger partial charge on any atom is -0.495 e. The van der Waals surface area contributed by atoms with Gasteiger partial charge in [-0.1, -0.05) is 23.9 Å². The number of hydrogen-bond donors (Lipinski definition) is 2. The number of thioether (sulfide) groups is 1. The SMILES string of the molecule is COc1ccccc1NC(=O)[C@H](C)Sc1nc2sccc2c(=O)[nH]1. The number of methoxy groups -OCH3 is 1. The van der Waals surface area contributed by atoms with Gasteiger partial charge in [-0.2, -0.15) is 0 Å². The van der Waals surface area contributed by atoms with Gasteiger partial charge in [0.15, 0.2) is 5.16 Å². The van der Waals surface area contributed by atoms with Crippen molar-refractivity contribution in [2.45, 2.75) is 17.3 Å². The Balaban J connectivity index is 1.74. The fourth-order valence-electron chi connectivity index (χ4n) is 2.10. The Kier molecular flexibility index (Phi) is 4.86. The first-order valence-electron chi connectivity index (χ1n) is 7.16. The summed E-state index contributed by atoms with van der Waals surface area (Å²) in [5.41, 5.74) is 0.411. The average molecular weight is 361 g/mol. The number of carbonyl (C=O) groups excluding carboxylic acids is 1. The lowest BCUT2D eigenvalue weighted by Crippen LogP contribution is -2.23. The van der Waals surface area contributed by atoms with Crippen molar-refractivity contribution < 1.29 is 9.53 Å². The van der Waals surface area contributed by atoms with Crippen molar-refractivity contribution in [1.82, 2.24) is 9.97 Å². The lowest BCUT2D eigenvalue weighted by Gasteiger charge is -2.13. The van der Waals surface area contributed by atoms with Crippen LogP contribution in [0.3, 0.4) is 0 Å². The highest BCUT2D eigenvalue weighted by molar-refractivity contribution is 8.00. The molecule has 2 N–H and O–H groups in total. The number of hydrogen-bond acceptors (Lipinski definition) is 6. The Morgan fingerprint density at radius 3 is 2.96 bits per heavy atom. The van der Waals surface area contributed by atoms with Crippen LogP contribution in [0.2, 0.25) is 0 Å². The first-order chi connectivity index (χ1) is 11.6. The van der Waals surface area contributed by atoms with E-state index in [4.69, 9.17) is 4.74 Å². The second-order valence-corrected chi connectivity index (χ2v) is 7.18. The molecule has 0 saturated carbocycles. The number of fused-ring (bicyclic) bond motifs is 1. The van der Waals surface area contributed by atoms with E-state index in [1.54, 1.807) is 32.2 Å². The van der Waals surface area contributed by atoms with Gasteiger partial charge in [-0.25, -0.2) is 4.98 Å². The fourth-order valence-corrected chi connectivity index (χ4v) is 3.72. The molecule has 0 aliphatic heterocycles. The van der Waals surface area contributed by atoms with Crippen LogP contribution in [0.4, 0.5) is 5.69 Å². The Bertz CT molecular complexity index is 935. The maximum Gasteiger partial charge on any atom is 0.260 e. The molecule has 0 aliphatic rings. The third kappa shape index (κ3) is 3.44. The summed E-state index contributed by atoms with van der Waals surface area (Å²) < 4.78 is 5.22. The predicted octanol–water partition coefficient (Wildman–Crippen LogP) is 3.11. The first-order valence-corrected chi connectivity index (χ1v) is 8.92. The van der Waals surface area contributed by atoms with Gasteiger partial charge in [-0.15, -0.1) is 11.3 Å². The van der Waals surface area contributed by atoms with Crippen molar-refractivity contribution in [3.8, 4) is 5.75 Å². The normalized spacial score (nSPS) is 12.1. The monoisotopic (exact) mass is 361 g/mol. The number of ether oxygens (including phenoxy) is 1. The van der Waals surface area contributed by atoms with Gasteiger partial charge in [0, 0.05) is 0 Å². The molecular weight excluding hydrogens is 346 g/mol. The van der Waals surface area contributed by atoms with E-state index in [1.165, 1.54) is 23.1 Å². The molecule has 0 fully saturated rings. The molecule has 1 aromatic carbocycles. The summed E-state index contributed by atoms with van der Waals surface area (Å²) in [5, 5.41) is 5.20. The number of para-hydroxylation sites is 2. The van der Waals surface area contributed by atoms with E-state index in [2.05, 4.69) is 15.3 Å². The minimum atomic E-state index is -0.435. The van der Waals surface area contributed by atoms with Crippen molar-refractivity contribution in [2.24, 2.45) is 0 Å². The zero-order chi connectivity index (χ0) is 17.1. The number of H-pyrrole nitrogens is 1. The van der Waals surface area contributed by atoms with Gasteiger partial charge in [-0.05, 0) is 30.5 Å². The van der Waals surface area contributed by atoms with Gasteiger partial charge in [0.25, 0.3) is 5.56 Å². The second-order valence-electron chi connectivity index (χ2n) is 4.96. The number of amides is 1. The molecule has 0 aliphatic carbocycles. The highest BCUT2D eigenvalue weighted by Gasteiger charge is 2.18. The molecule has 0 saturated heterocycles. The number of anilines is 1. The summed E-state index contributed by atoms with van der Waals surface area (Å²) in [6.45, 7) is 1.76. The standard InChI is InChI=1S/C16H15N3O3S2/c1-9(13(20)17-11-5-3-4-6-12(11)22-2)24-16-18-14(21)10-7-8-23-15(10)19-16/h3-9H,1-2H3,(H,17,20)(H,18,19,21)/t9-/m0/s1. The second kappa shape index (κ2) is 7.06. The quantitative estimate of drug-likeness (QED) is 0.539. The van der Waals surface area contributed by atoms with Gasteiger partial charge < -0.3 is 15.0 Å². The van der Waals surface area contributed by atoms with Crippen molar-refractivity contribution in [3.05, 3.63) is 46.1 Å². The van der Waals surface area contributed by atoms with Gasteiger partial charge in [0.1, 0.15) is 10.6 Å². The van der Waals surface area contributed by atoms with Crippen LogP contribution in [0.15, 0.2) is 45.7 Å². The predicted molar refractivity (Wildman–Crippen MR) is 97.2 cm³/mol. The van der Waals surface area contributed by atoms with Crippen LogP contribution in [-0.2, 0) is 4.79 Å². The molecule has 3 rings (SSSR count). The molecule has 3 aromatic rings. The van der Waals surface area contributed by atoms with E-state index in [0.29, 0.717) is 26.8 Å². The van der Waals surface area contributed by atoms with Crippen LogP contribution >= 0.6 is 23.1 Å². The Morgan fingerprint density at radius 1 is 1.38 bits per heavy atom. The van der Waals surface area contributed by atoms with Crippen LogP contribution < -0.4 is 15.6 Å². The van der Waals surface area contributed by atoms with Gasteiger partial charge in [0.2, 0.25) is 5.91 Å². The summed E-state index contributed by atoms with van der Waals surface area (Å²) in [7, 11) is 1.55. The number of thiophene rings is 1. The van der Waals surface area contributed by atoms with E-state index >= 15 is 0 Å². The number of nitrogens with one attached hydrogen (secondary N) is 2. The Hall–Kier alpha value is -2.32. The molecule has 6 nitrogen and oxygen atoms in total. The van der Waals surface area contributed by atoms with Crippen molar-refractivity contribution in [1.29, 1.82) is 0 Å². The van der Waals surface area contributed by atoms with Gasteiger partial charge >= 0.3 is 0 Å². The fraction of sp³-hybridized carbons (Fsp3) is 0.188. The van der Waals surface area contributed by atoms with E-state index in [-0.39, 0.29) is 11.5 Å². The smallest absolute Gasteiger partial charge is 0.260 e. The molecule has 124 valence electrons. The number of benzene rings is 1. The summed E-state index contributed by atoms with van der Waals surface area (Å²) in [6, 6.07) is 8.93. The van der Waals surface area contributed by atoms with Gasteiger partial charge in [-0.3, -0.25) is 9.59 Å². The molecule has 0 spiro atoms. The van der Waals surface area contributed by atoms with Crippen LogP contribution in [0.5, 0.6) is 5.75 Å². The zero-order valence-electron chi connectivity index (χ0n) is 13.0. The molecule has 24 heavy (non-hydrogen) atoms. The third-order valence-electron chi connectivity index (χ3n) is 3.34. The lowest BCUT2D eigenvalue weighted by molar-refractivity contribution is -0.115. The van der Waals surface area contributed by atoms with Crippen LogP contribution in [0, 0.1) is 0 Å². The maximum absolute atomic E-state index is 12.4. The van der Waals surface area contributed by atoms with E-state index in [0.717, 1.165) is 0 Å². The third-order valence-corrected chi connectivity index (χ3v) is 5.13. The van der Waals surface area contributed by atoms with Crippen LogP contribution in [0.1, 0.15) is 6.92 Å². The molecule has 2 aromatic heterocycles. The topological polar surface area (TPSA) is 84.1 Å². The van der Waals surface area contributed by atoms with Crippen LogP contribution in [-0.4, -0.2) is 28.2 Å². The number of carbonyl (C=O) groups is 1. The Labute approximate surface area is 146 Å². The maximum atomic E-state index is 12.4. The molecule has 0 radical (unpaired) electrons. The van der Waals surface area contributed by atoms with Crippen LogP contribution in [0.25, 0.3) is 10.2 Å². The van der Waals surface area contributed by atoms with E-state index in [1.807, 2.05) is 17.5 Å². The summed E-state index contributed by atoms with van der Waals surface area (Å²) in [4.78, 5) is 32.1. The summed E-state index contributed by atoms with van der Waals surface area (Å²) in [6.07, 6.45) is 0. The largest absolute Gasteiger partial charge is 0.495 e. The highest BCUT2D eigenvalue weighted by Crippen LogP contribution is 2.26. The molecule has 2 heterocycles. The zero-order valence-corrected chi connectivity index (χ0v) is 14.7. The first kappa shape index (κ1) is 16.5. The number of aromatic amines is 1. The number of nitrogens with zero attached hydrogens (tertiary/aromatic N) is 1. The lowest BCUT2D eigenvalue weighted by atomic mass is 10.3. The van der Waals surface area contributed by atoms with Crippen molar-refractivity contribution >= 4 is 44.9 Å². The summed E-state index contributed by atoms with van der Waals surface area (Å²) >= 11 is 2.60. The number of rotatable bonds is 5. The minimum absolute atomic E-state index is 0.193. The molecule has 1 atom stereocenters. The van der Waals surface area contributed by atoms with E-state index < -0.39 is 5.25 Å². The summed E-state index contributed by atoms with van der Waals surface area (Å²) in [5.74, 6) is 0.396. The number of aromatic nitrogens is 2. The molecule has 0 bridgehead atoms. The molecule has 1 amide bonds. The van der Waals surface area contributed by atoms with Crippen molar-refractivity contribution in [2.75, 3.05) is 12.4 Å². The highest BCUT2D eigenvalue weighted by atomic mass is 32.2. The molecular formula is C16H15N3O3S2.